The minimum atomic E-state index is -0.950. The van der Waals surface area contributed by atoms with E-state index < -0.39 is 18.2 Å². The molecule has 5 heteroatoms. The van der Waals surface area contributed by atoms with Gasteiger partial charge in [-0.3, -0.25) is 4.79 Å². The summed E-state index contributed by atoms with van der Waals surface area (Å²) in [5.41, 5.74) is 0. The van der Waals surface area contributed by atoms with E-state index in [0.29, 0.717) is 6.42 Å². The van der Waals surface area contributed by atoms with E-state index in [0.717, 1.165) is 38.5 Å². The molecule has 0 aliphatic rings. The van der Waals surface area contributed by atoms with E-state index in [9.17, 15) is 20.1 Å². The van der Waals surface area contributed by atoms with Crippen molar-refractivity contribution in [2.24, 2.45) is 0 Å². The van der Waals surface area contributed by atoms with Crippen LogP contribution in [-0.4, -0.2) is 46.1 Å². The summed E-state index contributed by atoms with van der Waals surface area (Å²) >= 11 is 0. The molecule has 1 amide bonds. The zero-order valence-corrected chi connectivity index (χ0v) is 38.0. The average molecular weight is 800 g/mol. The van der Waals surface area contributed by atoms with E-state index in [1.165, 1.54) is 186 Å². The van der Waals surface area contributed by atoms with Crippen LogP contribution in [-0.2, 0) is 4.79 Å². The third-order valence-corrected chi connectivity index (χ3v) is 11.3. The van der Waals surface area contributed by atoms with Crippen LogP contribution in [0.5, 0.6) is 0 Å². The third-order valence-electron chi connectivity index (χ3n) is 11.3. The fourth-order valence-corrected chi connectivity index (χ4v) is 7.50. The number of carbonyl (C=O) groups excluding carboxylic acids is 1. The van der Waals surface area contributed by atoms with Crippen molar-refractivity contribution in [1.29, 1.82) is 0 Å². The van der Waals surface area contributed by atoms with Gasteiger partial charge in [0.1, 0.15) is 0 Å². The number of allylic oxidation sites excluding steroid dienone is 7. The second kappa shape index (κ2) is 47.0. The molecule has 0 aromatic carbocycles. The Labute approximate surface area is 355 Å². The molecule has 0 aliphatic carbocycles. The molecule has 0 fully saturated rings. The topological polar surface area (TPSA) is 89.8 Å². The van der Waals surface area contributed by atoms with Gasteiger partial charge in [-0.1, -0.05) is 229 Å². The standard InChI is InChI=1S/C52H97NO4/c1-3-5-7-9-11-13-15-16-17-18-19-20-21-22-23-24-25-26-27-28-29-30-31-32-33-34-36-37-39-41-43-45-49(55)47-52(57)53-50(48-54)51(56)46-44-42-40-38-35-14-12-10-8-6-4-2/h19-20,22-23,35,38,44,46,49-51,54-56H,3-18,21,24-34,36-37,39-43,45,47-48H2,1-2H3,(H,53,57)/b20-19-,23-22-,38-35+,46-44+. The number of aliphatic hydroxyl groups excluding tert-OH is 3. The average Bonchev–Trinajstić information content (AvgIpc) is 3.20. The fraction of sp³-hybridized carbons (Fsp3) is 0.827. The molecule has 0 bridgehead atoms. The molecule has 0 radical (unpaired) electrons. The number of unbranched alkanes of at least 4 members (excludes halogenated alkanes) is 30. The Morgan fingerprint density at radius 2 is 0.807 bits per heavy atom. The normalized spacial score (nSPS) is 13.8. The number of aliphatic hydroxyl groups is 3. The van der Waals surface area contributed by atoms with Crippen molar-refractivity contribution < 1.29 is 20.1 Å². The van der Waals surface area contributed by atoms with Gasteiger partial charge in [0, 0.05) is 0 Å². The summed E-state index contributed by atoms with van der Waals surface area (Å²) < 4.78 is 0. The van der Waals surface area contributed by atoms with Crippen LogP contribution in [0.25, 0.3) is 0 Å². The van der Waals surface area contributed by atoms with Gasteiger partial charge >= 0.3 is 0 Å². The smallest absolute Gasteiger partial charge is 0.222 e. The summed E-state index contributed by atoms with van der Waals surface area (Å²) in [4.78, 5) is 12.4. The summed E-state index contributed by atoms with van der Waals surface area (Å²) in [5, 5.41) is 33.2. The van der Waals surface area contributed by atoms with Gasteiger partial charge in [-0.05, 0) is 64.2 Å². The number of hydrogen-bond acceptors (Lipinski definition) is 4. The molecule has 0 saturated carbocycles. The van der Waals surface area contributed by atoms with Gasteiger partial charge in [-0.25, -0.2) is 0 Å². The van der Waals surface area contributed by atoms with Crippen LogP contribution in [0.15, 0.2) is 48.6 Å². The van der Waals surface area contributed by atoms with E-state index in [1.54, 1.807) is 6.08 Å². The number of hydrogen-bond donors (Lipinski definition) is 4. The lowest BCUT2D eigenvalue weighted by atomic mass is 10.0. The molecule has 0 saturated heterocycles. The first-order valence-corrected chi connectivity index (χ1v) is 24.9. The number of amides is 1. The lowest BCUT2D eigenvalue weighted by Crippen LogP contribution is -2.45. The molecule has 0 aliphatic heterocycles. The highest BCUT2D eigenvalue weighted by molar-refractivity contribution is 5.76. The van der Waals surface area contributed by atoms with Crippen LogP contribution >= 0.6 is 0 Å². The molecule has 3 unspecified atom stereocenters. The zero-order chi connectivity index (χ0) is 41.5. The van der Waals surface area contributed by atoms with E-state index in [4.69, 9.17) is 0 Å². The maximum Gasteiger partial charge on any atom is 0.222 e. The molecule has 0 rings (SSSR count). The summed E-state index contributed by atoms with van der Waals surface area (Å²) in [5.74, 6) is -0.326. The summed E-state index contributed by atoms with van der Waals surface area (Å²) in [7, 11) is 0. The largest absolute Gasteiger partial charge is 0.394 e. The number of nitrogens with one attached hydrogen (secondary N) is 1. The summed E-state index contributed by atoms with van der Waals surface area (Å²) in [6.07, 6.45) is 61.5. The first-order chi connectivity index (χ1) is 28.0. The van der Waals surface area contributed by atoms with Gasteiger partial charge in [0.05, 0.1) is 31.3 Å². The Hall–Kier alpha value is -1.69. The van der Waals surface area contributed by atoms with Gasteiger partial charge in [0.15, 0.2) is 0 Å². The van der Waals surface area contributed by atoms with Gasteiger partial charge in [-0.2, -0.15) is 0 Å². The summed E-state index contributed by atoms with van der Waals surface area (Å²) in [6, 6.07) is -0.760. The van der Waals surface area contributed by atoms with Gasteiger partial charge < -0.3 is 20.6 Å². The monoisotopic (exact) mass is 800 g/mol. The maximum atomic E-state index is 12.4. The van der Waals surface area contributed by atoms with Gasteiger partial charge in [0.25, 0.3) is 0 Å². The van der Waals surface area contributed by atoms with Crippen molar-refractivity contribution in [3.8, 4) is 0 Å². The minimum Gasteiger partial charge on any atom is -0.394 e. The Morgan fingerprint density at radius 1 is 0.456 bits per heavy atom. The molecule has 0 spiro atoms. The zero-order valence-electron chi connectivity index (χ0n) is 38.0. The number of carbonyl (C=O) groups is 1. The lowest BCUT2D eigenvalue weighted by Gasteiger charge is -2.21. The molecule has 0 heterocycles. The van der Waals surface area contributed by atoms with Crippen LogP contribution in [0.3, 0.4) is 0 Å². The van der Waals surface area contributed by atoms with Gasteiger partial charge in [0.2, 0.25) is 5.91 Å². The van der Waals surface area contributed by atoms with Crippen LogP contribution < -0.4 is 5.32 Å². The highest BCUT2D eigenvalue weighted by Crippen LogP contribution is 2.16. The molecule has 57 heavy (non-hydrogen) atoms. The van der Waals surface area contributed by atoms with E-state index >= 15 is 0 Å². The van der Waals surface area contributed by atoms with E-state index in [1.807, 2.05) is 6.08 Å². The van der Waals surface area contributed by atoms with Crippen molar-refractivity contribution in [3.63, 3.8) is 0 Å². The van der Waals surface area contributed by atoms with E-state index in [-0.39, 0.29) is 18.9 Å². The highest BCUT2D eigenvalue weighted by atomic mass is 16.3. The van der Waals surface area contributed by atoms with Gasteiger partial charge in [-0.15, -0.1) is 0 Å². The highest BCUT2D eigenvalue weighted by Gasteiger charge is 2.20. The number of rotatable bonds is 45. The SMILES string of the molecule is CCCCCCC/C=C/CC/C=C/C(O)C(CO)NC(=O)CC(O)CCCCCCCCCCCCCCCCC/C=C\C/C=C\CCCCCCCCCCC. The van der Waals surface area contributed by atoms with Crippen molar-refractivity contribution in [3.05, 3.63) is 48.6 Å². The predicted molar refractivity (Wildman–Crippen MR) is 250 cm³/mol. The van der Waals surface area contributed by atoms with Crippen LogP contribution in [0.1, 0.15) is 251 Å². The predicted octanol–water partition coefficient (Wildman–Crippen LogP) is 14.9. The van der Waals surface area contributed by atoms with Crippen LogP contribution in [0, 0.1) is 0 Å². The van der Waals surface area contributed by atoms with Crippen molar-refractivity contribution in [2.75, 3.05) is 6.61 Å². The molecule has 3 atom stereocenters. The van der Waals surface area contributed by atoms with E-state index in [2.05, 4.69) is 55.6 Å². The van der Waals surface area contributed by atoms with Crippen molar-refractivity contribution in [1.82, 2.24) is 5.32 Å². The minimum absolute atomic E-state index is 0.00549. The van der Waals surface area contributed by atoms with Crippen LogP contribution in [0.4, 0.5) is 0 Å². The third kappa shape index (κ3) is 43.7. The van der Waals surface area contributed by atoms with Crippen molar-refractivity contribution in [2.45, 2.75) is 270 Å². The molecular formula is C52H97NO4. The molecule has 0 aromatic rings. The second-order valence-electron chi connectivity index (χ2n) is 17.1. The van der Waals surface area contributed by atoms with Crippen LogP contribution in [0.2, 0.25) is 0 Å². The van der Waals surface area contributed by atoms with Crippen molar-refractivity contribution >= 4 is 5.91 Å². The Morgan fingerprint density at radius 3 is 1.23 bits per heavy atom. The molecule has 334 valence electrons. The first-order valence-electron chi connectivity index (χ1n) is 24.9. The second-order valence-corrected chi connectivity index (χ2v) is 17.1. The Bertz CT molecular complexity index is 927. The Kier molecular flexibility index (Phi) is 45.6. The quantitative estimate of drug-likeness (QED) is 0.0365. The first kappa shape index (κ1) is 55.3. The Balaban J connectivity index is 3.54. The summed E-state index contributed by atoms with van der Waals surface area (Å²) in [6.45, 7) is 4.18. The molecular weight excluding hydrogens is 703 g/mol. The lowest BCUT2D eigenvalue weighted by molar-refractivity contribution is -0.124. The fourth-order valence-electron chi connectivity index (χ4n) is 7.50. The molecule has 5 nitrogen and oxygen atoms in total. The molecule has 4 N–H and O–H groups in total. The molecule has 0 aromatic heterocycles. The maximum absolute atomic E-state index is 12.4.